The number of halogens is 1. The van der Waals surface area contributed by atoms with Gasteiger partial charge in [0.25, 0.3) is 0 Å². The standard InChI is InChI=1S/C20H31N5O2S.HI/c1-17-16-24-19(28-17)6-9-23-20(22-8-5-18-4-2-13-27-18)21-7-3-10-25-11-14-26-15-12-25;/h2,4,13,16H,3,5-12,14-15H2,1H3,(H2,21,22,23);1H. The molecule has 0 amide bonds. The number of rotatable bonds is 10. The quantitative estimate of drug-likeness (QED) is 0.212. The summed E-state index contributed by atoms with van der Waals surface area (Å²) in [5, 5.41) is 8.01. The minimum absolute atomic E-state index is 0. The van der Waals surface area contributed by atoms with Crippen LogP contribution in [0.2, 0.25) is 0 Å². The summed E-state index contributed by atoms with van der Waals surface area (Å²) in [6, 6.07) is 3.92. The maximum atomic E-state index is 5.40. The molecule has 2 aromatic heterocycles. The molecule has 0 aromatic carbocycles. The second-order valence-corrected chi connectivity index (χ2v) is 8.15. The van der Waals surface area contributed by atoms with Gasteiger partial charge in [-0.2, -0.15) is 0 Å². The number of hydrogen-bond donors (Lipinski definition) is 2. The van der Waals surface area contributed by atoms with Crippen molar-refractivity contribution in [1.29, 1.82) is 0 Å². The van der Waals surface area contributed by atoms with Crippen LogP contribution in [0.3, 0.4) is 0 Å². The van der Waals surface area contributed by atoms with E-state index in [2.05, 4.69) is 27.4 Å². The van der Waals surface area contributed by atoms with Gasteiger partial charge in [-0.15, -0.1) is 35.3 Å². The maximum absolute atomic E-state index is 5.40. The number of guanidine groups is 1. The Morgan fingerprint density at radius 3 is 2.72 bits per heavy atom. The number of aryl methyl sites for hydroxylation is 1. The van der Waals surface area contributed by atoms with E-state index in [4.69, 9.17) is 14.1 Å². The Kier molecular flexibility index (Phi) is 11.6. The molecule has 0 radical (unpaired) electrons. The Bertz CT molecular complexity index is 702. The van der Waals surface area contributed by atoms with E-state index in [1.165, 1.54) is 4.88 Å². The zero-order valence-corrected chi connectivity index (χ0v) is 20.2. The Hall–Kier alpha value is -1.17. The molecule has 29 heavy (non-hydrogen) atoms. The van der Waals surface area contributed by atoms with Crippen LogP contribution < -0.4 is 10.6 Å². The molecule has 0 spiro atoms. The topological polar surface area (TPSA) is 74.9 Å². The monoisotopic (exact) mass is 533 g/mol. The fourth-order valence-electron chi connectivity index (χ4n) is 3.05. The van der Waals surface area contributed by atoms with Crippen LogP contribution in [0, 0.1) is 6.92 Å². The van der Waals surface area contributed by atoms with Gasteiger partial charge in [0.1, 0.15) is 5.76 Å². The molecule has 2 aromatic rings. The third-order valence-electron chi connectivity index (χ3n) is 4.55. The highest BCUT2D eigenvalue weighted by Crippen LogP contribution is 2.10. The fraction of sp³-hybridized carbons (Fsp3) is 0.600. The van der Waals surface area contributed by atoms with Gasteiger partial charge in [-0.25, -0.2) is 4.98 Å². The van der Waals surface area contributed by atoms with Crippen molar-refractivity contribution in [1.82, 2.24) is 20.5 Å². The molecule has 1 saturated heterocycles. The molecule has 7 nitrogen and oxygen atoms in total. The van der Waals surface area contributed by atoms with E-state index in [-0.39, 0.29) is 24.0 Å². The molecule has 1 aliphatic heterocycles. The van der Waals surface area contributed by atoms with Crippen molar-refractivity contribution in [2.45, 2.75) is 26.2 Å². The van der Waals surface area contributed by atoms with E-state index in [0.717, 1.165) is 88.5 Å². The summed E-state index contributed by atoms with van der Waals surface area (Å²) < 4.78 is 10.8. The number of aromatic nitrogens is 1. The predicted molar refractivity (Wildman–Crippen MR) is 129 cm³/mol. The molecule has 3 rings (SSSR count). The molecular weight excluding hydrogens is 501 g/mol. The van der Waals surface area contributed by atoms with Crippen LogP contribution in [-0.2, 0) is 17.6 Å². The lowest BCUT2D eigenvalue weighted by molar-refractivity contribution is 0.0377. The molecule has 0 aliphatic carbocycles. The zero-order chi connectivity index (χ0) is 19.4. The van der Waals surface area contributed by atoms with Crippen molar-refractivity contribution < 1.29 is 9.15 Å². The van der Waals surface area contributed by atoms with E-state index in [1.807, 2.05) is 18.3 Å². The minimum atomic E-state index is 0. The van der Waals surface area contributed by atoms with E-state index >= 15 is 0 Å². The molecule has 0 bridgehead atoms. The first-order valence-electron chi connectivity index (χ1n) is 10.1. The minimum Gasteiger partial charge on any atom is -0.469 e. The molecule has 0 saturated carbocycles. The third-order valence-corrected chi connectivity index (χ3v) is 5.52. The van der Waals surface area contributed by atoms with Crippen LogP contribution in [0.25, 0.3) is 0 Å². The highest BCUT2D eigenvalue weighted by Gasteiger charge is 2.09. The van der Waals surface area contributed by atoms with Gasteiger partial charge in [-0.05, 0) is 25.5 Å². The normalized spacial score (nSPS) is 15.1. The Labute approximate surface area is 194 Å². The van der Waals surface area contributed by atoms with Gasteiger partial charge in [0.15, 0.2) is 5.96 Å². The molecule has 2 N–H and O–H groups in total. The number of hydrogen-bond acceptors (Lipinski definition) is 6. The number of nitrogens with zero attached hydrogens (tertiary/aromatic N) is 3. The first-order valence-corrected chi connectivity index (χ1v) is 10.9. The summed E-state index contributed by atoms with van der Waals surface area (Å²) in [6.45, 7) is 9.34. The molecular formula is C20H32IN5O2S. The van der Waals surface area contributed by atoms with E-state index in [1.54, 1.807) is 17.6 Å². The largest absolute Gasteiger partial charge is 0.469 e. The van der Waals surface area contributed by atoms with Crippen molar-refractivity contribution in [2.24, 2.45) is 4.99 Å². The molecule has 0 atom stereocenters. The average Bonchev–Trinajstić information content (AvgIpc) is 3.37. The summed E-state index contributed by atoms with van der Waals surface area (Å²) in [5.74, 6) is 1.85. The fourth-order valence-corrected chi connectivity index (χ4v) is 3.83. The lowest BCUT2D eigenvalue weighted by Crippen LogP contribution is -2.40. The average molecular weight is 533 g/mol. The predicted octanol–water partition coefficient (Wildman–Crippen LogP) is 2.71. The molecule has 0 unspecified atom stereocenters. The summed E-state index contributed by atoms with van der Waals surface area (Å²) in [7, 11) is 0. The highest BCUT2D eigenvalue weighted by molar-refractivity contribution is 14.0. The Balaban J connectivity index is 0.00000300. The van der Waals surface area contributed by atoms with Crippen molar-refractivity contribution in [3.05, 3.63) is 40.2 Å². The second-order valence-electron chi connectivity index (χ2n) is 6.84. The number of aliphatic imine (C=N–C) groups is 1. The molecule has 1 fully saturated rings. The van der Waals surface area contributed by atoms with Gasteiger partial charge in [-0.3, -0.25) is 9.89 Å². The van der Waals surface area contributed by atoms with E-state index in [0.29, 0.717) is 0 Å². The van der Waals surface area contributed by atoms with Gasteiger partial charge in [0.2, 0.25) is 0 Å². The highest BCUT2D eigenvalue weighted by atomic mass is 127. The Morgan fingerprint density at radius 1 is 1.24 bits per heavy atom. The lowest BCUT2D eigenvalue weighted by Gasteiger charge is -2.26. The number of thiazole rings is 1. The van der Waals surface area contributed by atoms with Gasteiger partial charge in [0, 0.05) is 63.2 Å². The van der Waals surface area contributed by atoms with E-state index < -0.39 is 0 Å². The van der Waals surface area contributed by atoms with Crippen molar-refractivity contribution in [2.75, 3.05) is 52.5 Å². The number of morpholine rings is 1. The maximum Gasteiger partial charge on any atom is 0.191 e. The second kappa shape index (κ2) is 13.9. The van der Waals surface area contributed by atoms with Gasteiger partial charge < -0.3 is 19.8 Å². The number of nitrogens with one attached hydrogen (secondary N) is 2. The van der Waals surface area contributed by atoms with Gasteiger partial charge >= 0.3 is 0 Å². The molecule has 162 valence electrons. The third kappa shape index (κ3) is 9.45. The zero-order valence-electron chi connectivity index (χ0n) is 17.1. The summed E-state index contributed by atoms with van der Waals surface area (Å²) in [6.07, 6.45) is 6.45. The van der Waals surface area contributed by atoms with E-state index in [9.17, 15) is 0 Å². The first-order chi connectivity index (χ1) is 13.8. The summed E-state index contributed by atoms with van der Waals surface area (Å²) >= 11 is 1.75. The smallest absolute Gasteiger partial charge is 0.191 e. The van der Waals surface area contributed by atoms with Crippen molar-refractivity contribution >= 4 is 41.3 Å². The lowest BCUT2D eigenvalue weighted by atomic mass is 10.3. The van der Waals surface area contributed by atoms with Crippen LogP contribution in [0.15, 0.2) is 34.0 Å². The number of ether oxygens (including phenoxy) is 1. The van der Waals surface area contributed by atoms with Crippen LogP contribution in [0.4, 0.5) is 0 Å². The molecule has 1 aliphatic rings. The molecule has 3 heterocycles. The van der Waals surface area contributed by atoms with Crippen LogP contribution in [-0.4, -0.2) is 68.3 Å². The van der Waals surface area contributed by atoms with Gasteiger partial charge in [-0.1, -0.05) is 0 Å². The molecule has 9 heteroatoms. The van der Waals surface area contributed by atoms with Crippen LogP contribution >= 0.6 is 35.3 Å². The van der Waals surface area contributed by atoms with Crippen LogP contribution in [0.1, 0.15) is 22.1 Å². The van der Waals surface area contributed by atoms with Crippen LogP contribution in [0.5, 0.6) is 0 Å². The summed E-state index contributed by atoms with van der Waals surface area (Å²) in [4.78, 5) is 12.9. The summed E-state index contributed by atoms with van der Waals surface area (Å²) in [5.41, 5.74) is 0. The van der Waals surface area contributed by atoms with Crippen molar-refractivity contribution in [3.63, 3.8) is 0 Å². The Morgan fingerprint density at radius 2 is 2.03 bits per heavy atom. The van der Waals surface area contributed by atoms with Crippen molar-refractivity contribution in [3.8, 4) is 0 Å². The first kappa shape index (κ1) is 24.1. The van der Waals surface area contributed by atoms with Gasteiger partial charge in [0.05, 0.1) is 24.5 Å². The number of furan rings is 1. The SMILES string of the molecule is Cc1cnc(CCNC(=NCCCN2CCOCC2)NCCc2ccco2)s1.I.